The second kappa shape index (κ2) is 10.7. The van der Waals surface area contributed by atoms with Gasteiger partial charge in [0.25, 0.3) is 5.91 Å². The van der Waals surface area contributed by atoms with E-state index >= 15 is 0 Å². The van der Waals surface area contributed by atoms with E-state index in [1.165, 1.54) is 28.8 Å². The summed E-state index contributed by atoms with van der Waals surface area (Å²) in [7, 11) is 0. The number of thioether (sulfide) groups is 1. The van der Waals surface area contributed by atoms with E-state index in [9.17, 15) is 14.4 Å². The van der Waals surface area contributed by atoms with E-state index < -0.39 is 18.5 Å². The first-order valence-corrected chi connectivity index (χ1v) is 10.9. The quantitative estimate of drug-likeness (QED) is 0.529. The van der Waals surface area contributed by atoms with E-state index in [2.05, 4.69) is 4.99 Å². The Labute approximate surface area is 194 Å². The predicted molar refractivity (Wildman–Crippen MR) is 124 cm³/mol. The lowest BCUT2D eigenvalue weighted by Gasteiger charge is -2.12. The molecule has 0 spiro atoms. The van der Waals surface area contributed by atoms with Crippen molar-refractivity contribution >= 4 is 46.5 Å². The minimum absolute atomic E-state index is 0.155. The third-order valence-electron chi connectivity index (χ3n) is 4.46. The van der Waals surface area contributed by atoms with Gasteiger partial charge in [0, 0.05) is 6.54 Å². The number of carbonyl (C=O) groups is 3. The number of hydrogen-bond acceptors (Lipinski definition) is 7. The topological polar surface area (TPSA) is 126 Å². The zero-order chi connectivity index (χ0) is 24.0. The maximum Gasteiger partial charge on any atom is 0.341 e. The van der Waals surface area contributed by atoms with Crippen LogP contribution in [0.2, 0.25) is 0 Å². The Morgan fingerprint density at radius 1 is 1.06 bits per heavy atom. The molecule has 0 saturated carbocycles. The average molecular weight is 471 g/mol. The molecular weight excluding hydrogens is 448 g/mol. The molecule has 1 aliphatic heterocycles. The van der Waals surface area contributed by atoms with Crippen LogP contribution in [0.15, 0.2) is 52.4 Å². The van der Waals surface area contributed by atoms with Crippen molar-refractivity contribution in [3.05, 3.63) is 58.5 Å². The molecule has 0 bridgehead atoms. The maximum atomic E-state index is 12.9. The summed E-state index contributed by atoms with van der Waals surface area (Å²) in [6.07, 6.45) is 1.70. The van der Waals surface area contributed by atoms with Gasteiger partial charge in [0.15, 0.2) is 23.3 Å². The largest absolute Gasteiger partial charge is 0.490 e. The minimum atomic E-state index is -1.10. The lowest BCUT2D eigenvalue weighted by Crippen LogP contribution is -2.28. The number of rotatable bonds is 9. The van der Waals surface area contributed by atoms with E-state index in [0.29, 0.717) is 46.0 Å². The van der Waals surface area contributed by atoms with Crippen LogP contribution in [0.5, 0.6) is 11.5 Å². The normalized spacial score (nSPS) is 15.8. The van der Waals surface area contributed by atoms with Gasteiger partial charge in [0.05, 0.1) is 22.8 Å². The van der Waals surface area contributed by atoms with Crippen molar-refractivity contribution in [2.24, 2.45) is 4.99 Å². The molecule has 33 heavy (non-hydrogen) atoms. The summed E-state index contributed by atoms with van der Waals surface area (Å²) in [5.74, 6) is -1.64. The second-order valence-electron chi connectivity index (χ2n) is 6.73. The van der Waals surface area contributed by atoms with Gasteiger partial charge in [-0.25, -0.2) is 14.6 Å². The molecular formula is C23H22N2O7S. The number of carbonyl (C=O) groups excluding carboxylic acids is 1. The first-order chi connectivity index (χ1) is 15.8. The summed E-state index contributed by atoms with van der Waals surface area (Å²) >= 11 is 1.21. The van der Waals surface area contributed by atoms with Crippen molar-refractivity contribution in [2.45, 2.75) is 13.8 Å². The zero-order valence-electron chi connectivity index (χ0n) is 18.0. The Bertz CT molecular complexity index is 1130. The van der Waals surface area contributed by atoms with E-state index in [4.69, 9.17) is 19.7 Å². The highest BCUT2D eigenvalue weighted by Crippen LogP contribution is 2.36. The van der Waals surface area contributed by atoms with Gasteiger partial charge in [-0.15, -0.1) is 0 Å². The molecule has 2 N–H and O–H groups in total. The number of aliphatic carboxylic acids is 1. The molecule has 172 valence electrons. The Morgan fingerprint density at radius 3 is 2.39 bits per heavy atom. The molecule has 1 fully saturated rings. The Kier molecular flexibility index (Phi) is 7.73. The summed E-state index contributed by atoms with van der Waals surface area (Å²) in [4.78, 5) is 41.2. The molecule has 3 rings (SSSR count). The van der Waals surface area contributed by atoms with Gasteiger partial charge in [0.1, 0.15) is 0 Å². The maximum absolute atomic E-state index is 12.9. The molecule has 0 aliphatic carbocycles. The number of amidine groups is 1. The van der Waals surface area contributed by atoms with Crippen LogP contribution >= 0.6 is 11.8 Å². The number of nitrogens with zero attached hydrogens (tertiary/aromatic N) is 2. The van der Waals surface area contributed by atoms with E-state index in [0.717, 1.165) is 0 Å². The lowest BCUT2D eigenvalue weighted by molar-refractivity contribution is -0.139. The third kappa shape index (κ3) is 5.92. The summed E-state index contributed by atoms with van der Waals surface area (Å²) in [6, 6.07) is 11.1. The third-order valence-corrected chi connectivity index (χ3v) is 5.47. The van der Waals surface area contributed by atoms with E-state index in [1.54, 1.807) is 43.3 Å². The summed E-state index contributed by atoms with van der Waals surface area (Å²) in [5, 5.41) is 18.3. The minimum Gasteiger partial charge on any atom is -0.490 e. The van der Waals surface area contributed by atoms with Crippen LogP contribution in [0.3, 0.4) is 0 Å². The SMILES string of the molecule is CCOc1cc(/C=C2\SC(=Nc3ccc(C(=O)O)cc3)N(CC)C2=O)ccc1OCC(=O)O. The van der Waals surface area contributed by atoms with Crippen LogP contribution in [0, 0.1) is 0 Å². The molecule has 10 heteroatoms. The number of aliphatic imine (C=N–C) groups is 1. The number of carboxylic acid groups (broad SMARTS) is 2. The van der Waals surface area contributed by atoms with E-state index in [-0.39, 0.29) is 11.5 Å². The first kappa shape index (κ1) is 23.9. The number of hydrogen-bond donors (Lipinski definition) is 2. The Hall–Kier alpha value is -3.79. The molecule has 0 radical (unpaired) electrons. The van der Waals surface area contributed by atoms with Crippen molar-refractivity contribution < 1.29 is 34.1 Å². The van der Waals surface area contributed by atoms with Gasteiger partial charge in [-0.2, -0.15) is 0 Å². The van der Waals surface area contributed by atoms with Gasteiger partial charge >= 0.3 is 11.9 Å². The number of amides is 1. The fourth-order valence-corrected chi connectivity index (χ4v) is 4.01. The van der Waals surface area contributed by atoms with Crippen LogP contribution in [-0.2, 0) is 9.59 Å². The van der Waals surface area contributed by atoms with Gasteiger partial charge in [-0.3, -0.25) is 9.69 Å². The molecule has 1 amide bonds. The second-order valence-corrected chi connectivity index (χ2v) is 7.74. The average Bonchev–Trinajstić information content (AvgIpc) is 3.07. The van der Waals surface area contributed by atoms with Gasteiger partial charge < -0.3 is 19.7 Å². The molecule has 0 unspecified atom stereocenters. The van der Waals surface area contributed by atoms with Crippen molar-refractivity contribution in [1.82, 2.24) is 4.90 Å². The van der Waals surface area contributed by atoms with Gasteiger partial charge in [-0.1, -0.05) is 6.07 Å². The van der Waals surface area contributed by atoms with Crippen LogP contribution in [0.1, 0.15) is 29.8 Å². The Morgan fingerprint density at radius 2 is 1.79 bits per heavy atom. The smallest absolute Gasteiger partial charge is 0.341 e. The van der Waals surface area contributed by atoms with Crippen LogP contribution in [0.4, 0.5) is 5.69 Å². The van der Waals surface area contributed by atoms with Crippen molar-refractivity contribution in [3.63, 3.8) is 0 Å². The highest BCUT2D eigenvalue weighted by Gasteiger charge is 2.32. The number of likely N-dealkylation sites (N-methyl/N-ethyl adjacent to an activating group) is 1. The number of ether oxygens (including phenoxy) is 2. The molecule has 0 atom stereocenters. The van der Waals surface area contributed by atoms with Crippen LogP contribution in [-0.4, -0.2) is 57.9 Å². The number of carboxylic acids is 2. The number of benzene rings is 2. The molecule has 0 aromatic heterocycles. The highest BCUT2D eigenvalue weighted by molar-refractivity contribution is 8.18. The fraction of sp³-hybridized carbons (Fsp3) is 0.217. The highest BCUT2D eigenvalue weighted by atomic mass is 32.2. The van der Waals surface area contributed by atoms with Crippen LogP contribution < -0.4 is 9.47 Å². The van der Waals surface area contributed by atoms with Gasteiger partial charge in [-0.05, 0) is 73.6 Å². The molecule has 1 aliphatic rings. The first-order valence-electron chi connectivity index (χ1n) is 10.1. The van der Waals surface area contributed by atoms with Crippen molar-refractivity contribution in [3.8, 4) is 11.5 Å². The van der Waals surface area contributed by atoms with E-state index in [1.807, 2.05) is 6.92 Å². The standard InChI is InChI=1S/C23H22N2O7S/c1-3-25-21(28)19(33-23(25)24-16-8-6-15(7-9-16)22(29)30)12-14-5-10-17(32-13-20(26)27)18(11-14)31-4-2/h5-12H,3-4,13H2,1-2H3,(H,26,27)(H,29,30)/b19-12-,24-23?. The van der Waals surface area contributed by atoms with Crippen molar-refractivity contribution in [1.29, 1.82) is 0 Å². The zero-order valence-corrected chi connectivity index (χ0v) is 18.8. The summed E-state index contributed by atoms with van der Waals surface area (Å²) in [5.41, 5.74) is 1.37. The summed E-state index contributed by atoms with van der Waals surface area (Å²) in [6.45, 7) is 3.92. The number of aromatic carboxylic acids is 1. The summed E-state index contributed by atoms with van der Waals surface area (Å²) < 4.78 is 10.8. The molecule has 1 heterocycles. The van der Waals surface area contributed by atoms with Gasteiger partial charge in [0.2, 0.25) is 0 Å². The van der Waals surface area contributed by atoms with Crippen LogP contribution in [0.25, 0.3) is 6.08 Å². The molecule has 9 nitrogen and oxygen atoms in total. The molecule has 1 saturated heterocycles. The fourth-order valence-electron chi connectivity index (χ4n) is 2.95. The molecule has 2 aromatic rings. The predicted octanol–water partition coefficient (Wildman–Crippen LogP) is 3.87. The Balaban J connectivity index is 1.87. The lowest BCUT2D eigenvalue weighted by atomic mass is 10.2. The monoisotopic (exact) mass is 470 g/mol. The molecule has 2 aromatic carbocycles. The van der Waals surface area contributed by atoms with Crippen molar-refractivity contribution in [2.75, 3.05) is 19.8 Å².